The molecule has 3 N–H and O–H groups in total. The number of hydrogen-bond donors (Lipinski definition) is 4. The standard InChI is InChI=1S/C24H33N3O5S/c1-5-27(22(30)19(15-33)26-23(31)32-24(2,3)4)20(16-11-13-18(28)14-12-16)21(29)25-17-9-7-6-8-10-17/h1,11-14,17,19-20,28,33H,6-10,15H2,2-4H3,(H,25,29)(H,26,31). The number of carbonyl (C=O) groups excluding carboxylic acids is 3. The summed E-state index contributed by atoms with van der Waals surface area (Å²) in [5, 5.41) is 15.2. The van der Waals surface area contributed by atoms with Gasteiger partial charge in [0, 0.05) is 17.8 Å². The van der Waals surface area contributed by atoms with E-state index in [1.165, 1.54) is 24.3 Å². The lowest BCUT2D eigenvalue weighted by Crippen LogP contribution is -2.53. The lowest BCUT2D eigenvalue weighted by molar-refractivity contribution is -0.138. The van der Waals surface area contributed by atoms with Crippen molar-refractivity contribution in [2.75, 3.05) is 5.75 Å². The summed E-state index contributed by atoms with van der Waals surface area (Å²) in [6.07, 6.45) is 9.79. The zero-order chi connectivity index (χ0) is 24.6. The fourth-order valence-corrected chi connectivity index (χ4v) is 3.92. The third-order valence-electron chi connectivity index (χ3n) is 5.22. The fraction of sp³-hybridized carbons (Fsp3) is 0.542. The van der Waals surface area contributed by atoms with Gasteiger partial charge in [-0.25, -0.2) is 4.79 Å². The van der Waals surface area contributed by atoms with E-state index in [-0.39, 0.29) is 17.5 Å². The second-order valence-corrected chi connectivity index (χ2v) is 9.42. The summed E-state index contributed by atoms with van der Waals surface area (Å²) in [6.45, 7) is 5.11. The maximum absolute atomic E-state index is 13.3. The van der Waals surface area contributed by atoms with Crippen LogP contribution in [0, 0.1) is 12.5 Å². The van der Waals surface area contributed by atoms with E-state index in [4.69, 9.17) is 11.2 Å². The van der Waals surface area contributed by atoms with E-state index >= 15 is 0 Å². The Hall–Kier alpha value is -2.86. The minimum Gasteiger partial charge on any atom is -0.508 e. The molecule has 9 heteroatoms. The smallest absolute Gasteiger partial charge is 0.408 e. The number of carbonyl (C=O) groups is 3. The zero-order valence-electron chi connectivity index (χ0n) is 19.3. The predicted octanol–water partition coefficient (Wildman–Crippen LogP) is 3.12. The first-order chi connectivity index (χ1) is 15.6. The number of ether oxygens (including phenoxy) is 1. The summed E-state index contributed by atoms with van der Waals surface area (Å²) in [6, 6.07) is 5.97. The summed E-state index contributed by atoms with van der Waals surface area (Å²) < 4.78 is 5.23. The molecule has 0 bridgehead atoms. The van der Waals surface area contributed by atoms with Crippen LogP contribution in [-0.2, 0) is 14.3 Å². The number of benzene rings is 1. The molecule has 2 atom stereocenters. The van der Waals surface area contributed by atoms with Crippen LogP contribution in [0.1, 0.15) is 64.5 Å². The third kappa shape index (κ3) is 7.90. The lowest BCUT2D eigenvalue weighted by Gasteiger charge is -2.32. The summed E-state index contributed by atoms with van der Waals surface area (Å²) in [7, 11) is 0. The summed E-state index contributed by atoms with van der Waals surface area (Å²) >= 11 is 4.18. The molecule has 1 aliphatic carbocycles. The number of phenols is 1. The van der Waals surface area contributed by atoms with Crippen molar-refractivity contribution in [3.63, 3.8) is 0 Å². The van der Waals surface area contributed by atoms with Crippen molar-refractivity contribution >= 4 is 30.5 Å². The van der Waals surface area contributed by atoms with Gasteiger partial charge in [-0.15, -0.1) is 0 Å². The Kier molecular flexibility index (Phi) is 9.47. The number of alkyl carbamates (subject to hydrolysis) is 1. The van der Waals surface area contributed by atoms with Gasteiger partial charge in [-0.3, -0.25) is 14.5 Å². The van der Waals surface area contributed by atoms with Gasteiger partial charge in [-0.2, -0.15) is 12.6 Å². The predicted molar refractivity (Wildman–Crippen MR) is 129 cm³/mol. The van der Waals surface area contributed by atoms with E-state index in [1.54, 1.807) is 20.8 Å². The highest BCUT2D eigenvalue weighted by molar-refractivity contribution is 7.80. The Morgan fingerprint density at radius 2 is 1.82 bits per heavy atom. The normalized spacial score (nSPS) is 16.1. The van der Waals surface area contributed by atoms with Gasteiger partial charge in [-0.1, -0.05) is 37.8 Å². The molecule has 8 nitrogen and oxygen atoms in total. The van der Waals surface area contributed by atoms with Crippen LogP contribution in [0.3, 0.4) is 0 Å². The largest absolute Gasteiger partial charge is 0.508 e. The van der Waals surface area contributed by atoms with Crippen LogP contribution in [0.4, 0.5) is 4.79 Å². The summed E-state index contributed by atoms with van der Waals surface area (Å²) in [4.78, 5) is 39.8. The zero-order valence-corrected chi connectivity index (χ0v) is 20.2. The minimum absolute atomic E-state index is 0.00107. The molecule has 2 unspecified atom stereocenters. The van der Waals surface area contributed by atoms with Crippen LogP contribution in [0.2, 0.25) is 0 Å². The fourth-order valence-electron chi connectivity index (χ4n) is 3.67. The van der Waals surface area contributed by atoms with Crippen LogP contribution < -0.4 is 10.6 Å². The van der Waals surface area contributed by atoms with Gasteiger partial charge in [-0.05, 0) is 51.3 Å². The Labute approximate surface area is 200 Å². The molecule has 0 aromatic heterocycles. The van der Waals surface area contributed by atoms with Crippen molar-refractivity contribution in [3.05, 3.63) is 29.8 Å². The lowest BCUT2D eigenvalue weighted by atomic mass is 9.94. The van der Waals surface area contributed by atoms with Crippen molar-refractivity contribution in [1.29, 1.82) is 0 Å². The molecule has 1 aromatic carbocycles. The average molecular weight is 476 g/mol. The highest BCUT2D eigenvalue weighted by Gasteiger charge is 2.36. The van der Waals surface area contributed by atoms with Gasteiger partial charge in [0.2, 0.25) is 5.91 Å². The van der Waals surface area contributed by atoms with Crippen LogP contribution >= 0.6 is 12.6 Å². The highest BCUT2D eigenvalue weighted by Crippen LogP contribution is 2.26. The van der Waals surface area contributed by atoms with Crippen molar-refractivity contribution in [2.24, 2.45) is 0 Å². The van der Waals surface area contributed by atoms with Crippen molar-refractivity contribution < 1.29 is 24.2 Å². The van der Waals surface area contributed by atoms with Gasteiger partial charge < -0.3 is 20.5 Å². The molecule has 1 aromatic rings. The van der Waals surface area contributed by atoms with E-state index < -0.39 is 35.6 Å². The van der Waals surface area contributed by atoms with Gasteiger partial charge in [0.15, 0.2) is 0 Å². The number of aromatic hydroxyl groups is 1. The first-order valence-corrected chi connectivity index (χ1v) is 11.7. The molecule has 1 aliphatic rings. The summed E-state index contributed by atoms with van der Waals surface area (Å²) in [5.74, 6) is -1.13. The van der Waals surface area contributed by atoms with Crippen molar-refractivity contribution in [3.8, 4) is 18.2 Å². The number of nitrogens with zero attached hydrogens (tertiary/aromatic N) is 1. The maximum atomic E-state index is 13.3. The van der Waals surface area contributed by atoms with E-state index in [2.05, 4.69) is 29.3 Å². The molecule has 33 heavy (non-hydrogen) atoms. The van der Waals surface area contributed by atoms with E-state index in [0.717, 1.165) is 37.0 Å². The van der Waals surface area contributed by atoms with Crippen LogP contribution in [-0.4, -0.2) is 51.4 Å². The molecule has 0 aliphatic heterocycles. The van der Waals surface area contributed by atoms with E-state index in [0.29, 0.717) is 5.56 Å². The first kappa shape index (κ1) is 26.4. The number of hydrogen-bond acceptors (Lipinski definition) is 6. The van der Waals surface area contributed by atoms with E-state index in [9.17, 15) is 19.5 Å². The molecular formula is C24H33N3O5S. The highest BCUT2D eigenvalue weighted by atomic mass is 32.1. The van der Waals surface area contributed by atoms with Gasteiger partial charge in [0.05, 0.1) is 0 Å². The third-order valence-corrected chi connectivity index (χ3v) is 5.58. The number of thiol groups is 1. The second-order valence-electron chi connectivity index (χ2n) is 9.06. The molecular weight excluding hydrogens is 442 g/mol. The Morgan fingerprint density at radius 1 is 1.21 bits per heavy atom. The number of nitrogens with one attached hydrogen (secondary N) is 2. The quantitative estimate of drug-likeness (QED) is 0.275. The maximum Gasteiger partial charge on any atom is 0.408 e. The van der Waals surface area contributed by atoms with Crippen LogP contribution in [0.5, 0.6) is 5.75 Å². The molecule has 0 radical (unpaired) electrons. The Morgan fingerprint density at radius 3 is 2.33 bits per heavy atom. The van der Waals surface area contributed by atoms with Gasteiger partial charge in [0.25, 0.3) is 5.91 Å². The number of phenolic OH excluding ortho intramolecular Hbond substituents is 1. The molecule has 180 valence electrons. The first-order valence-electron chi connectivity index (χ1n) is 11.0. The van der Waals surface area contributed by atoms with E-state index in [1.807, 2.05) is 0 Å². The topological polar surface area (TPSA) is 108 Å². The van der Waals surface area contributed by atoms with Crippen LogP contribution in [0.15, 0.2) is 24.3 Å². The molecule has 3 amide bonds. The van der Waals surface area contributed by atoms with Crippen LogP contribution in [0.25, 0.3) is 0 Å². The van der Waals surface area contributed by atoms with Gasteiger partial charge >= 0.3 is 6.09 Å². The molecule has 0 spiro atoms. The molecule has 1 fully saturated rings. The Balaban J connectivity index is 2.30. The second kappa shape index (κ2) is 11.8. The SMILES string of the molecule is C#CN(C(=O)C(CS)NC(=O)OC(C)(C)C)C(C(=O)NC1CCCCC1)c1ccc(O)cc1. The molecule has 1 saturated carbocycles. The molecule has 0 heterocycles. The molecule has 2 rings (SSSR count). The monoisotopic (exact) mass is 475 g/mol. The van der Waals surface area contributed by atoms with Crippen molar-refractivity contribution in [2.45, 2.75) is 76.6 Å². The number of rotatable bonds is 7. The average Bonchev–Trinajstić information content (AvgIpc) is 2.75. The van der Waals surface area contributed by atoms with Gasteiger partial charge in [0.1, 0.15) is 23.4 Å². The minimum atomic E-state index is -1.15. The Bertz CT molecular complexity index is 870. The summed E-state index contributed by atoms with van der Waals surface area (Å²) in [5.41, 5.74) is -0.322. The van der Waals surface area contributed by atoms with Crippen molar-refractivity contribution in [1.82, 2.24) is 15.5 Å². The number of terminal acetylenes is 1. The number of amides is 3. The molecule has 0 saturated heterocycles.